The zero-order valence-electron chi connectivity index (χ0n) is 9.98. The smallest absolute Gasteiger partial charge is 0.270 e. The summed E-state index contributed by atoms with van der Waals surface area (Å²) in [5.41, 5.74) is 1.21. The second-order valence-corrected chi connectivity index (χ2v) is 3.86. The van der Waals surface area contributed by atoms with Crippen LogP contribution >= 0.6 is 0 Å². The number of benzene rings is 1. The highest BCUT2D eigenvalue weighted by Gasteiger charge is 2.08. The van der Waals surface area contributed by atoms with E-state index in [9.17, 15) is 15.2 Å². The summed E-state index contributed by atoms with van der Waals surface area (Å²) in [6.07, 6.45) is 5.41. The van der Waals surface area contributed by atoms with Crippen molar-refractivity contribution in [2.75, 3.05) is 6.54 Å². The van der Waals surface area contributed by atoms with Crippen LogP contribution in [0.15, 0.2) is 35.7 Å². The van der Waals surface area contributed by atoms with Crippen molar-refractivity contribution in [1.82, 2.24) is 9.97 Å². The number of aromatic amines is 1. The summed E-state index contributed by atoms with van der Waals surface area (Å²) in [6, 6.07) is 3.82. The van der Waals surface area contributed by atoms with Crippen molar-refractivity contribution < 1.29 is 10.0 Å². The third-order valence-electron chi connectivity index (χ3n) is 2.52. The van der Waals surface area contributed by atoms with Gasteiger partial charge >= 0.3 is 0 Å². The fourth-order valence-corrected chi connectivity index (χ4v) is 1.53. The molecule has 0 atom stereocenters. The molecule has 1 aromatic heterocycles. The van der Waals surface area contributed by atoms with Gasteiger partial charge in [-0.2, -0.15) is 0 Å². The summed E-state index contributed by atoms with van der Waals surface area (Å²) >= 11 is 0. The maximum Gasteiger partial charge on any atom is 0.270 e. The van der Waals surface area contributed by atoms with Crippen LogP contribution in [-0.4, -0.2) is 32.8 Å². The molecule has 0 saturated carbocycles. The fourth-order valence-electron chi connectivity index (χ4n) is 1.53. The van der Waals surface area contributed by atoms with Gasteiger partial charge in [-0.3, -0.25) is 15.1 Å². The molecule has 2 N–H and O–H groups in total. The van der Waals surface area contributed by atoms with Gasteiger partial charge in [0.25, 0.3) is 5.69 Å². The van der Waals surface area contributed by atoms with E-state index < -0.39 is 4.92 Å². The number of aromatic nitrogens is 2. The number of nitro benzene ring substituents is 1. The largest absolute Gasteiger partial charge is 0.507 e. The molecule has 2 aromatic rings. The summed E-state index contributed by atoms with van der Waals surface area (Å²) in [5, 5.41) is 20.2. The Hall–Kier alpha value is -2.70. The van der Waals surface area contributed by atoms with Crippen molar-refractivity contribution in [2.24, 2.45) is 4.99 Å². The Morgan fingerprint density at radius 2 is 2.37 bits per heavy atom. The predicted octanol–water partition coefficient (Wildman–Crippen LogP) is 1.69. The molecule has 7 heteroatoms. The zero-order chi connectivity index (χ0) is 13.7. The standard InChI is InChI=1S/C12H12N4O3/c17-12-2-1-11(16(18)19)5-9(12)6-13-4-3-10-7-14-8-15-10/h1-2,5-8,17H,3-4H2,(H,14,15). The Kier molecular flexibility index (Phi) is 3.87. The van der Waals surface area contributed by atoms with Gasteiger partial charge in [0.1, 0.15) is 5.75 Å². The van der Waals surface area contributed by atoms with Gasteiger partial charge in [-0.25, -0.2) is 4.98 Å². The Morgan fingerprint density at radius 1 is 1.53 bits per heavy atom. The molecular formula is C12H12N4O3. The second kappa shape index (κ2) is 5.76. The maximum absolute atomic E-state index is 10.6. The van der Waals surface area contributed by atoms with Gasteiger partial charge in [0.2, 0.25) is 0 Å². The van der Waals surface area contributed by atoms with Crippen LogP contribution in [0.25, 0.3) is 0 Å². The van der Waals surface area contributed by atoms with Crippen LogP contribution in [0, 0.1) is 10.1 Å². The van der Waals surface area contributed by atoms with E-state index in [1.54, 1.807) is 12.5 Å². The molecule has 1 heterocycles. The molecule has 0 saturated heterocycles. The Labute approximate surface area is 108 Å². The summed E-state index contributed by atoms with van der Waals surface area (Å²) in [5.74, 6) is -0.0316. The Bertz CT molecular complexity index is 593. The molecular weight excluding hydrogens is 248 g/mol. The molecule has 19 heavy (non-hydrogen) atoms. The monoisotopic (exact) mass is 260 g/mol. The zero-order valence-corrected chi connectivity index (χ0v) is 9.98. The number of nitrogens with one attached hydrogen (secondary N) is 1. The predicted molar refractivity (Wildman–Crippen MR) is 69.5 cm³/mol. The lowest BCUT2D eigenvalue weighted by atomic mass is 10.2. The number of rotatable bonds is 5. The maximum atomic E-state index is 10.6. The van der Waals surface area contributed by atoms with E-state index in [0.717, 1.165) is 5.69 Å². The number of nitro groups is 1. The molecule has 0 fully saturated rings. The molecule has 0 radical (unpaired) electrons. The van der Waals surface area contributed by atoms with Crippen LogP contribution in [-0.2, 0) is 6.42 Å². The lowest BCUT2D eigenvalue weighted by Gasteiger charge is -1.98. The Morgan fingerprint density at radius 3 is 3.05 bits per heavy atom. The molecule has 2 rings (SSSR count). The van der Waals surface area contributed by atoms with Crippen LogP contribution in [0.1, 0.15) is 11.3 Å². The van der Waals surface area contributed by atoms with E-state index in [4.69, 9.17) is 0 Å². The number of hydrogen-bond donors (Lipinski definition) is 2. The SMILES string of the molecule is O=[N+]([O-])c1ccc(O)c(C=NCCc2cnc[nH]2)c1. The van der Waals surface area contributed by atoms with Gasteiger partial charge in [0.15, 0.2) is 0 Å². The number of nitrogens with zero attached hydrogens (tertiary/aromatic N) is 3. The van der Waals surface area contributed by atoms with Crippen LogP contribution < -0.4 is 0 Å². The van der Waals surface area contributed by atoms with Crippen molar-refractivity contribution in [3.8, 4) is 5.75 Å². The van der Waals surface area contributed by atoms with Crippen molar-refractivity contribution in [1.29, 1.82) is 0 Å². The van der Waals surface area contributed by atoms with Gasteiger partial charge < -0.3 is 10.1 Å². The van der Waals surface area contributed by atoms with E-state index in [1.807, 2.05) is 0 Å². The molecule has 0 unspecified atom stereocenters. The number of aliphatic imine (C=N–C) groups is 1. The van der Waals surface area contributed by atoms with E-state index >= 15 is 0 Å². The first-order valence-electron chi connectivity index (χ1n) is 5.61. The van der Waals surface area contributed by atoms with Crippen LogP contribution in [0.2, 0.25) is 0 Å². The van der Waals surface area contributed by atoms with Crippen molar-refractivity contribution >= 4 is 11.9 Å². The van der Waals surface area contributed by atoms with E-state index in [-0.39, 0.29) is 11.4 Å². The molecule has 0 amide bonds. The highest BCUT2D eigenvalue weighted by molar-refractivity contribution is 5.84. The number of hydrogen-bond acceptors (Lipinski definition) is 5. The minimum absolute atomic E-state index is 0.0316. The van der Waals surface area contributed by atoms with Crippen LogP contribution in [0.3, 0.4) is 0 Å². The molecule has 1 aromatic carbocycles. The van der Waals surface area contributed by atoms with Crippen molar-refractivity contribution in [3.63, 3.8) is 0 Å². The molecule has 0 spiro atoms. The minimum Gasteiger partial charge on any atom is -0.507 e. The molecule has 0 aliphatic rings. The quantitative estimate of drug-likeness (QED) is 0.484. The number of aromatic hydroxyl groups is 1. The fraction of sp³-hybridized carbons (Fsp3) is 0.167. The van der Waals surface area contributed by atoms with Gasteiger partial charge in [-0.1, -0.05) is 0 Å². The highest BCUT2D eigenvalue weighted by atomic mass is 16.6. The first-order chi connectivity index (χ1) is 9.16. The van der Waals surface area contributed by atoms with Crippen molar-refractivity contribution in [3.05, 3.63) is 52.1 Å². The number of non-ortho nitro benzene ring substituents is 1. The number of H-pyrrole nitrogens is 1. The molecule has 0 aliphatic carbocycles. The molecule has 0 bridgehead atoms. The van der Waals surface area contributed by atoms with E-state index in [0.29, 0.717) is 18.5 Å². The van der Waals surface area contributed by atoms with Gasteiger partial charge in [0, 0.05) is 48.8 Å². The summed E-state index contributed by atoms with van der Waals surface area (Å²) in [6.45, 7) is 0.504. The van der Waals surface area contributed by atoms with Crippen LogP contribution in [0.4, 0.5) is 5.69 Å². The second-order valence-electron chi connectivity index (χ2n) is 3.86. The third kappa shape index (κ3) is 3.38. The number of phenolic OH excluding ortho intramolecular Hbond substituents is 1. The summed E-state index contributed by atoms with van der Waals surface area (Å²) in [4.78, 5) is 21.1. The van der Waals surface area contributed by atoms with E-state index in [2.05, 4.69) is 15.0 Å². The normalized spacial score (nSPS) is 10.9. The molecule has 7 nitrogen and oxygen atoms in total. The van der Waals surface area contributed by atoms with Crippen molar-refractivity contribution in [2.45, 2.75) is 6.42 Å². The first-order valence-corrected chi connectivity index (χ1v) is 5.61. The number of phenols is 1. The topological polar surface area (TPSA) is 104 Å². The molecule has 98 valence electrons. The van der Waals surface area contributed by atoms with Gasteiger partial charge in [-0.15, -0.1) is 0 Å². The average molecular weight is 260 g/mol. The third-order valence-corrected chi connectivity index (χ3v) is 2.52. The molecule has 0 aliphatic heterocycles. The highest BCUT2D eigenvalue weighted by Crippen LogP contribution is 2.21. The lowest BCUT2D eigenvalue weighted by molar-refractivity contribution is -0.384. The summed E-state index contributed by atoms with van der Waals surface area (Å²) < 4.78 is 0. The number of imidazole rings is 1. The summed E-state index contributed by atoms with van der Waals surface area (Å²) in [7, 11) is 0. The van der Waals surface area contributed by atoms with Crippen LogP contribution in [0.5, 0.6) is 5.75 Å². The minimum atomic E-state index is -0.513. The lowest BCUT2D eigenvalue weighted by Crippen LogP contribution is -1.93. The first kappa shape index (κ1) is 12.7. The van der Waals surface area contributed by atoms with Gasteiger partial charge in [0.05, 0.1) is 11.3 Å². The Balaban J connectivity index is 2.01. The van der Waals surface area contributed by atoms with Gasteiger partial charge in [-0.05, 0) is 6.07 Å². The van der Waals surface area contributed by atoms with E-state index in [1.165, 1.54) is 24.4 Å². The average Bonchev–Trinajstić information content (AvgIpc) is 2.89.